The van der Waals surface area contributed by atoms with E-state index in [1.807, 2.05) is 21.8 Å². The topological polar surface area (TPSA) is 114 Å². The number of piperidine rings is 2. The molecule has 2 aromatic heterocycles. The van der Waals surface area contributed by atoms with Crippen molar-refractivity contribution in [3.63, 3.8) is 0 Å². The number of ether oxygens (including phenoxy) is 2. The van der Waals surface area contributed by atoms with E-state index in [9.17, 15) is 9.59 Å². The van der Waals surface area contributed by atoms with Crippen LogP contribution in [0.3, 0.4) is 0 Å². The second-order valence-electron chi connectivity index (χ2n) is 14.2. The van der Waals surface area contributed by atoms with Crippen LogP contribution in [0.1, 0.15) is 81.8 Å². The lowest BCUT2D eigenvalue weighted by atomic mass is 9.83. The molecule has 0 radical (unpaired) electrons. The summed E-state index contributed by atoms with van der Waals surface area (Å²) in [6.07, 6.45) is 11.5. The first-order valence-corrected chi connectivity index (χ1v) is 17.4. The Labute approximate surface area is 327 Å². The molecule has 50 heavy (non-hydrogen) atoms. The van der Waals surface area contributed by atoms with E-state index in [1.54, 1.807) is 36.4 Å². The van der Waals surface area contributed by atoms with Crippen LogP contribution in [0, 0.1) is 0 Å². The van der Waals surface area contributed by atoms with Gasteiger partial charge in [-0.15, -0.1) is 10.2 Å². The van der Waals surface area contributed by atoms with Gasteiger partial charge in [0.05, 0.1) is 90.0 Å². The van der Waals surface area contributed by atoms with Crippen LogP contribution in [0.2, 0.25) is 0 Å². The Morgan fingerprint density at radius 3 is 1.42 bits per heavy atom. The Bertz CT molecular complexity index is 1670. The number of likely N-dealkylation sites (N-methyl/N-ethyl adjacent to an activating group) is 2. The van der Waals surface area contributed by atoms with Crippen LogP contribution < -0.4 is 57.4 Å². The van der Waals surface area contributed by atoms with E-state index in [0.717, 1.165) is 35.1 Å². The average molecular weight is 909 g/mol. The van der Waals surface area contributed by atoms with Crippen molar-refractivity contribution in [3.8, 4) is 11.5 Å². The first-order chi connectivity index (χ1) is 23.3. The van der Waals surface area contributed by atoms with Crippen LogP contribution in [0.15, 0.2) is 48.8 Å². The van der Waals surface area contributed by atoms with Gasteiger partial charge in [0.1, 0.15) is 36.1 Å². The summed E-state index contributed by atoms with van der Waals surface area (Å²) in [6, 6.07) is 10.2. The molecule has 7 rings (SSSR count). The first-order valence-electron chi connectivity index (χ1n) is 17.4. The van der Waals surface area contributed by atoms with E-state index in [2.05, 4.69) is 34.7 Å². The zero-order chi connectivity index (χ0) is 33.1. The molecule has 0 spiro atoms. The fourth-order valence-electron chi connectivity index (χ4n) is 7.44. The van der Waals surface area contributed by atoms with Crippen molar-refractivity contribution in [1.82, 2.24) is 30.0 Å². The predicted octanol–water partition coefficient (Wildman–Crippen LogP) is -1.93. The van der Waals surface area contributed by atoms with Crippen molar-refractivity contribution in [1.29, 1.82) is 0 Å². The number of carbonyl (C=O) groups excluding carboxylic acids is 2. The smallest absolute Gasteiger partial charge is 0.198 e. The lowest BCUT2D eigenvalue weighted by Crippen LogP contribution is -3.00. The molecule has 12 nitrogen and oxygen atoms in total. The largest absolute Gasteiger partial charge is 1.00 e. The number of fused-ring (bicyclic) bond motifs is 2. The number of aromatic nitrogens is 6. The molecule has 0 unspecified atom stereocenters. The van der Waals surface area contributed by atoms with Gasteiger partial charge >= 0.3 is 0 Å². The van der Waals surface area contributed by atoms with Crippen molar-refractivity contribution in [3.05, 3.63) is 82.4 Å². The summed E-state index contributed by atoms with van der Waals surface area (Å²) in [6.45, 7) is 8.69. The molecule has 4 heterocycles. The fourth-order valence-corrected chi connectivity index (χ4v) is 7.44. The third-order valence-corrected chi connectivity index (χ3v) is 10.4. The van der Waals surface area contributed by atoms with Crippen LogP contribution in [0.4, 0.5) is 0 Å². The molecule has 0 amide bonds. The van der Waals surface area contributed by atoms with E-state index < -0.39 is 0 Å². The number of likely N-dealkylation sites (tertiary alicyclic amines) is 2. The van der Waals surface area contributed by atoms with Gasteiger partial charge in [-0.05, 0) is 50.7 Å². The summed E-state index contributed by atoms with van der Waals surface area (Å²) in [7, 11) is 4.63. The maximum Gasteiger partial charge on any atom is 0.198 e. The normalized spacial score (nSPS) is 17.6. The number of nitrogens with zero attached hydrogens (tertiary/aromatic N) is 8. The minimum Gasteiger partial charge on any atom is -1.00 e. The molecule has 0 atom stereocenters. The summed E-state index contributed by atoms with van der Waals surface area (Å²) >= 11 is 0. The summed E-state index contributed by atoms with van der Waals surface area (Å²) in [5.74, 6) is 0.147. The molecule has 2 aliphatic heterocycles. The van der Waals surface area contributed by atoms with Gasteiger partial charge in [0.15, 0.2) is 11.6 Å². The molecular weight excluding hydrogens is 862 g/mol. The van der Waals surface area contributed by atoms with Crippen molar-refractivity contribution < 1.29 is 76.0 Å². The number of benzene rings is 2. The van der Waals surface area contributed by atoms with Crippen molar-refractivity contribution in [2.24, 2.45) is 0 Å². The molecule has 14 heteroatoms. The summed E-state index contributed by atoms with van der Waals surface area (Å²) in [5, 5.41) is 17.2. The summed E-state index contributed by atoms with van der Waals surface area (Å²) < 4.78 is 18.1. The number of quaternary nitrogens is 2. The quantitative estimate of drug-likeness (QED) is 0.105. The lowest BCUT2D eigenvalue weighted by Gasteiger charge is -2.37. The number of hydrogen-bond donors (Lipinski definition) is 0. The molecule has 2 saturated heterocycles. The monoisotopic (exact) mass is 908 g/mol. The number of carbonyl (C=O) groups is 2. The Kier molecular flexibility index (Phi) is 12.7. The van der Waals surface area contributed by atoms with Crippen molar-refractivity contribution >= 4 is 11.6 Å². The van der Waals surface area contributed by atoms with E-state index in [1.165, 1.54) is 64.7 Å². The molecule has 268 valence electrons. The van der Waals surface area contributed by atoms with Gasteiger partial charge in [0, 0.05) is 11.1 Å². The predicted molar refractivity (Wildman–Crippen MR) is 178 cm³/mol. The van der Waals surface area contributed by atoms with E-state index >= 15 is 0 Å². The Hall–Kier alpha value is -2.96. The highest BCUT2D eigenvalue weighted by Gasteiger charge is 2.35. The molecule has 1 aliphatic carbocycles. The zero-order valence-electron chi connectivity index (χ0n) is 28.9. The van der Waals surface area contributed by atoms with Gasteiger partial charge in [0.2, 0.25) is 0 Å². The average Bonchev–Trinajstić information content (AvgIpc) is 3.77. The van der Waals surface area contributed by atoms with Crippen LogP contribution in [0.5, 0.6) is 11.5 Å². The Morgan fingerprint density at radius 2 is 1.02 bits per heavy atom. The number of hydrogen-bond acceptors (Lipinski definition) is 8. The van der Waals surface area contributed by atoms with Crippen LogP contribution >= 0.6 is 0 Å². The van der Waals surface area contributed by atoms with Crippen LogP contribution in [0.25, 0.3) is 0 Å². The standard InChI is InChI=1S/C36H46N8O4.2HI/c1-43(17-5-3-6-18-43)21-15-41-23-27(37-39-41)25-47-31-13-9-11-29-33(31)35(45)30-12-10-14-32(34(30)36(29)46)48-26-28-24-42(40-38-28)16-22-44(2)19-7-4-8-20-44;;/h9-14,23-24H,3-8,15-22,25-26H2,1-2H3;2*1H/q+2;;/p-2. The Morgan fingerprint density at radius 1 is 0.620 bits per heavy atom. The van der Waals surface area contributed by atoms with Crippen LogP contribution in [-0.2, 0) is 26.3 Å². The van der Waals surface area contributed by atoms with Gasteiger partial charge < -0.3 is 66.4 Å². The van der Waals surface area contributed by atoms with E-state index in [4.69, 9.17) is 9.47 Å². The SMILES string of the molecule is C[N+]1(CCn2cc(COc3cccc4c3C(=O)c3cccc(OCc5cn(CC[N+]6(C)CCCCC6)nn5)c3C4=O)nn2)CCCCC1.[I-].[I-]. The molecular formula is C36H46I2N8O4. The molecule has 2 fully saturated rings. The molecule has 4 aromatic rings. The Balaban J connectivity index is 0.00000243. The highest BCUT2D eigenvalue weighted by atomic mass is 127. The molecule has 0 N–H and O–H groups in total. The molecule has 0 saturated carbocycles. The highest BCUT2D eigenvalue weighted by Crippen LogP contribution is 2.37. The van der Waals surface area contributed by atoms with Gasteiger partial charge in [-0.1, -0.05) is 34.7 Å². The third kappa shape index (κ3) is 8.56. The molecule has 2 aromatic carbocycles. The number of ketones is 2. The minimum absolute atomic E-state index is 0. The summed E-state index contributed by atoms with van der Waals surface area (Å²) in [4.78, 5) is 27.7. The van der Waals surface area contributed by atoms with Gasteiger partial charge in [-0.2, -0.15) is 0 Å². The first kappa shape index (κ1) is 38.3. The van der Waals surface area contributed by atoms with Crippen molar-refractivity contribution in [2.75, 3.05) is 53.4 Å². The summed E-state index contributed by atoms with van der Waals surface area (Å²) in [5.41, 5.74) is 2.44. The highest BCUT2D eigenvalue weighted by molar-refractivity contribution is 6.30. The second kappa shape index (κ2) is 16.6. The van der Waals surface area contributed by atoms with Crippen LogP contribution in [-0.4, -0.2) is 104 Å². The molecule has 0 bridgehead atoms. The van der Waals surface area contributed by atoms with E-state index in [0.29, 0.717) is 34.0 Å². The third-order valence-electron chi connectivity index (χ3n) is 10.4. The maximum atomic E-state index is 13.9. The second-order valence-corrected chi connectivity index (χ2v) is 14.2. The minimum atomic E-state index is -0.275. The van der Waals surface area contributed by atoms with Crippen molar-refractivity contribution in [2.45, 2.75) is 64.8 Å². The fraction of sp³-hybridized carbons (Fsp3) is 0.500. The zero-order valence-corrected chi connectivity index (χ0v) is 33.2. The molecule has 3 aliphatic rings. The number of halogens is 2. The maximum absolute atomic E-state index is 13.9. The lowest BCUT2D eigenvalue weighted by molar-refractivity contribution is -0.914. The van der Waals surface area contributed by atoms with Gasteiger partial charge in [0.25, 0.3) is 0 Å². The number of rotatable bonds is 12. The van der Waals surface area contributed by atoms with E-state index in [-0.39, 0.29) is 83.9 Å². The van der Waals surface area contributed by atoms with Gasteiger partial charge in [-0.3, -0.25) is 9.59 Å². The van der Waals surface area contributed by atoms with Gasteiger partial charge in [-0.25, -0.2) is 9.36 Å².